The second-order valence-corrected chi connectivity index (χ2v) is 3.28. The molecule has 0 fully saturated rings. The average Bonchev–Trinajstić information content (AvgIpc) is 2.51. The summed E-state index contributed by atoms with van der Waals surface area (Å²) in [5, 5.41) is 4.39. The Labute approximate surface area is 82.0 Å². The lowest BCUT2D eigenvalue weighted by Crippen LogP contribution is -2.08. The van der Waals surface area contributed by atoms with Gasteiger partial charge in [-0.1, -0.05) is 0 Å². The van der Waals surface area contributed by atoms with Crippen molar-refractivity contribution in [3.63, 3.8) is 0 Å². The van der Waals surface area contributed by atoms with Gasteiger partial charge >= 0.3 is 0 Å². The minimum absolute atomic E-state index is 0.600. The fraction of sp³-hybridized carbons (Fsp3) is 0.444. The zero-order chi connectivity index (χ0) is 10.1. The third-order valence-electron chi connectivity index (χ3n) is 2.23. The maximum Gasteiger partial charge on any atom is 0.251 e. The van der Waals surface area contributed by atoms with Crippen LogP contribution in [0.5, 0.6) is 0 Å². The molecule has 0 saturated heterocycles. The molecule has 14 heavy (non-hydrogen) atoms. The van der Waals surface area contributed by atoms with E-state index in [1.807, 2.05) is 13.8 Å². The zero-order valence-electron chi connectivity index (χ0n) is 8.36. The number of hydrogen-bond acceptors (Lipinski definition) is 4. The first-order chi connectivity index (χ1) is 6.72. The van der Waals surface area contributed by atoms with Crippen molar-refractivity contribution in [2.45, 2.75) is 20.3 Å². The molecule has 0 aromatic carbocycles. The summed E-state index contributed by atoms with van der Waals surface area (Å²) in [6.45, 7) is 4.47. The van der Waals surface area contributed by atoms with Crippen LogP contribution in [-0.4, -0.2) is 26.1 Å². The number of hydrogen-bond donors (Lipinski definition) is 1. The highest BCUT2D eigenvalue weighted by Gasteiger charge is 2.06. The summed E-state index contributed by atoms with van der Waals surface area (Å²) < 4.78 is 1.76. The standard InChI is InChI=1S/C9H13N5/c1-6-7(2)13-14-8(3-4-10)5-11-9(14)12-6/h5H,3-4,10H2,1-2H3. The van der Waals surface area contributed by atoms with Gasteiger partial charge in [-0.15, -0.1) is 0 Å². The van der Waals surface area contributed by atoms with Crippen molar-refractivity contribution in [2.24, 2.45) is 5.73 Å². The van der Waals surface area contributed by atoms with Gasteiger partial charge in [-0.05, 0) is 20.4 Å². The molecule has 0 spiro atoms. The van der Waals surface area contributed by atoms with Gasteiger partial charge in [0.05, 0.1) is 23.3 Å². The summed E-state index contributed by atoms with van der Waals surface area (Å²) in [6, 6.07) is 0. The summed E-state index contributed by atoms with van der Waals surface area (Å²) in [6.07, 6.45) is 2.55. The van der Waals surface area contributed by atoms with Gasteiger partial charge in [-0.3, -0.25) is 0 Å². The van der Waals surface area contributed by atoms with E-state index in [1.54, 1.807) is 10.7 Å². The predicted molar refractivity (Wildman–Crippen MR) is 53.0 cm³/mol. The van der Waals surface area contributed by atoms with Crippen LogP contribution in [0.2, 0.25) is 0 Å². The molecule has 0 aliphatic carbocycles. The highest BCUT2D eigenvalue weighted by atomic mass is 15.3. The van der Waals surface area contributed by atoms with Crippen LogP contribution in [0.25, 0.3) is 5.78 Å². The molecule has 0 aliphatic rings. The third-order valence-corrected chi connectivity index (χ3v) is 2.23. The lowest BCUT2D eigenvalue weighted by atomic mass is 10.3. The van der Waals surface area contributed by atoms with Gasteiger partial charge in [0.2, 0.25) is 0 Å². The molecule has 0 radical (unpaired) electrons. The molecule has 0 atom stereocenters. The summed E-state index contributed by atoms with van der Waals surface area (Å²) in [5.74, 6) is 0.650. The minimum atomic E-state index is 0.600. The van der Waals surface area contributed by atoms with Crippen molar-refractivity contribution in [2.75, 3.05) is 6.54 Å². The van der Waals surface area contributed by atoms with Gasteiger partial charge in [0.25, 0.3) is 5.78 Å². The lowest BCUT2D eigenvalue weighted by molar-refractivity contribution is 0.786. The fourth-order valence-electron chi connectivity index (χ4n) is 1.33. The SMILES string of the molecule is Cc1nc2ncc(CCN)n2nc1C. The van der Waals surface area contributed by atoms with E-state index < -0.39 is 0 Å². The second-order valence-electron chi connectivity index (χ2n) is 3.28. The topological polar surface area (TPSA) is 69.1 Å². The summed E-state index contributed by atoms with van der Waals surface area (Å²) in [4.78, 5) is 8.50. The number of aryl methyl sites for hydroxylation is 2. The van der Waals surface area contributed by atoms with Crippen molar-refractivity contribution >= 4 is 5.78 Å². The molecule has 2 aromatic rings. The van der Waals surface area contributed by atoms with E-state index in [0.717, 1.165) is 23.5 Å². The molecule has 0 aliphatic heterocycles. The van der Waals surface area contributed by atoms with E-state index in [1.165, 1.54) is 0 Å². The molecule has 0 unspecified atom stereocenters. The monoisotopic (exact) mass is 191 g/mol. The summed E-state index contributed by atoms with van der Waals surface area (Å²) >= 11 is 0. The Morgan fingerprint density at radius 3 is 2.86 bits per heavy atom. The van der Waals surface area contributed by atoms with Crippen molar-refractivity contribution in [3.8, 4) is 0 Å². The van der Waals surface area contributed by atoms with Crippen molar-refractivity contribution in [1.82, 2.24) is 19.6 Å². The largest absolute Gasteiger partial charge is 0.330 e. The van der Waals surface area contributed by atoms with Crippen LogP contribution >= 0.6 is 0 Å². The van der Waals surface area contributed by atoms with E-state index >= 15 is 0 Å². The van der Waals surface area contributed by atoms with Crippen LogP contribution in [-0.2, 0) is 6.42 Å². The second kappa shape index (κ2) is 3.34. The number of aromatic nitrogens is 4. The van der Waals surface area contributed by atoms with Gasteiger partial charge < -0.3 is 5.73 Å². The normalized spacial score (nSPS) is 11.1. The van der Waals surface area contributed by atoms with Crippen molar-refractivity contribution < 1.29 is 0 Å². The maximum atomic E-state index is 5.49. The Hall–Kier alpha value is -1.49. The number of imidazole rings is 1. The molecular formula is C9H13N5. The Bertz CT molecular complexity index is 459. The number of nitrogens with two attached hydrogens (primary N) is 1. The van der Waals surface area contributed by atoms with Crippen LogP contribution in [0.4, 0.5) is 0 Å². The predicted octanol–water partition coefficient (Wildman–Crippen LogP) is 0.242. The first-order valence-corrected chi connectivity index (χ1v) is 4.60. The van der Waals surface area contributed by atoms with E-state index in [2.05, 4.69) is 15.1 Å². The minimum Gasteiger partial charge on any atom is -0.330 e. The van der Waals surface area contributed by atoms with Gasteiger partial charge in [-0.25, -0.2) is 14.5 Å². The molecule has 2 heterocycles. The van der Waals surface area contributed by atoms with Crippen LogP contribution in [0.1, 0.15) is 17.1 Å². The highest BCUT2D eigenvalue weighted by molar-refractivity contribution is 5.31. The zero-order valence-corrected chi connectivity index (χ0v) is 8.36. The molecule has 0 bridgehead atoms. The summed E-state index contributed by atoms with van der Waals surface area (Å²) in [5.41, 5.74) is 8.35. The van der Waals surface area contributed by atoms with E-state index in [-0.39, 0.29) is 0 Å². The van der Waals surface area contributed by atoms with Crippen molar-refractivity contribution in [3.05, 3.63) is 23.3 Å². The van der Waals surface area contributed by atoms with E-state index in [0.29, 0.717) is 12.3 Å². The summed E-state index contributed by atoms with van der Waals surface area (Å²) in [7, 11) is 0. The van der Waals surface area contributed by atoms with Gasteiger partial charge in [-0.2, -0.15) is 5.10 Å². The Balaban J connectivity index is 2.61. The molecule has 2 rings (SSSR count). The number of nitrogens with zero attached hydrogens (tertiary/aromatic N) is 4. The number of rotatable bonds is 2. The Morgan fingerprint density at radius 2 is 2.14 bits per heavy atom. The third kappa shape index (κ3) is 1.35. The highest BCUT2D eigenvalue weighted by Crippen LogP contribution is 2.06. The van der Waals surface area contributed by atoms with E-state index in [9.17, 15) is 0 Å². The molecular weight excluding hydrogens is 178 g/mol. The molecule has 74 valence electrons. The van der Waals surface area contributed by atoms with Crippen LogP contribution in [0.15, 0.2) is 6.20 Å². The van der Waals surface area contributed by atoms with Crippen LogP contribution < -0.4 is 5.73 Å². The van der Waals surface area contributed by atoms with Crippen molar-refractivity contribution in [1.29, 1.82) is 0 Å². The average molecular weight is 191 g/mol. The molecule has 2 N–H and O–H groups in total. The quantitative estimate of drug-likeness (QED) is 0.738. The van der Waals surface area contributed by atoms with Gasteiger partial charge in [0.15, 0.2) is 0 Å². The fourth-order valence-corrected chi connectivity index (χ4v) is 1.33. The molecule has 2 aromatic heterocycles. The Morgan fingerprint density at radius 1 is 1.36 bits per heavy atom. The smallest absolute Gasteiger partial charge is 0.251 e. The molecule has 5 heteroatoms. The van der Waals surface area contributed by atoms with Gasteiger partial charge in [0.1, 0.15) is 0 Å². The van der Waals surface area contributed by atoms with Gasteiger partial charge in [0, 0.05) is 6.42 Å². The maximum absolute atomic E-state index is 5.49. The first kappa shape index (κ1) is 9.08. The van der Waals surface area contributed by atoms with Crippen LogP contribution in [0.3, 0.4) is 0 Å². The molecule has 0 saturated carbocycles. The Kier molecular flexibility index (Phi) is 2.17. The van der Waals surface area contributed by atoms with Crippen LogP contribution in [0, 0.1) is 13.8 Å². The number of fused-ring (bicyclic) bond motifs is 1. The lowest BCUT2D eigenvalue weighted by Gasteiger charge is -2.01. The first-order valence-electron chi connectivity index (χ1n) is 4.60. The molecule has 0 amide bonds. The van der Waals surface area contributed by atoms with E-state index in [4.69, 9.17) is 5.73 Å². The molecule has 5 nitrogen and oxygen atoms in total.